The molecule has 0 heterocycles. The van der Waals surface area contributed by atoms with Gasteiger partial charge in [0.2, 0.25) is 0 Å². The number of allylic oxidation sites excluding steroid dienone is 4. The van der Waals surface area contributed by atoms with Crippen molar-refractivity contribution in [1.82, 2.24) is 0 Å². The lowest BCUT2D eigenvalue weighted by atomic mass is 9.67. The Hall–Kier alpha value is -2.56. The average Bonchev–Trinajstić information content (AvgIpc) is 2.58. The third-order valence-corrected chi connectivity index (χ3v) is 5.90. The molecule has 2 N–H and O–H groups in total. The van der Waals surface area contributed by atoms with E-state index in [1.54, 1.807) is 12.1 Å². The van der Waals surface area contributed by atoms with Crippen LogP contribution in [0.25, 0.3) is 0 Å². The molecule has 0 unspecified atom stereocenters. The second kappa shape index (κ2) is 7.93. The van der Waals surface area contributed by atoms with Gasteiger partial charge in [-0.15, -0.1) is 0 Å². The highest BCUT2D eigenvalue weighted by Crippen LogP contribution is 2.49. The Morgan fingerprint density at radius 3 is 1.77 bits per heavy atom. The summed E-state index contributed by atoms with van der Waals surface area (Å²) in [5.74, 6) is -0.715. The number of aliphatic hydroxyl groups excluding tert-OH is 2. The predicted molar refractivity (Wildman–Crippen MR) is 116 cm³/mol. The topological polar surface area (TPSA) is 83.8 Å². The maximum Gasteiger partial charge on any atom is 0.163 e. The summed E-state index contributed by atoms with van der Waals surface area (Å²) in [6, 6.07) is 7.23. The first-order valence-electron chi connectivity index (χ1n) is 10.6. The molecule has 0 amide bonds. The monoisotopic (exact) mass is 412 g/mol. The number of Topliss-reactive ketones (excluding diaryl/α,β-unsaturated/α-hetero) is 2. The minimum Gasteiger partial charge on any atom is -0.512 e. The smallest absolute Gasteiger partial charge is 0.163 e. The molecule has 5 heteroatoms. The van der Waals surface area contributed by atoms with Crippen LogP contribution in [0.5, 0.6) is 5.75 Å². The fraction of sp³-hybridized carbons (Fsp3) is 0.520. The Kier molecular flexibility index (Phi) is 5.85. The van der Waals surface area contributed by atoms with Gasteiger partial charge in [0.15, 0.2) is 11.6 Å². The zero-order chi connectivity index (χ0) is 22.3. The van der Waals surface area contributed by atoms with Gasteiger partial charge >= 0.3 is 0 Å². The molecule has 2 aliphatic rings. The van der Waals surface area contributed by atoms with Gasteiger partial charge < -0.3 is 14.9 Å². The van der Waals surface area contributed by atoms with Crippen molar-refractivity contribution in [3.05, 3.63) is 52.5 Å². The molecular formula is C25H32O5. The van der Waals surface area contributed by atoms with Gasteiger partial charge in [-0.25, -0.2) is 0 Å². The van der Waals surface area contributed by atoms with E-state index in [-0.39, 0.29) is 57.9 Å². The van der Waals surface area contributed by atoms with E-state index in [2.05, 4.69) is 0 Å². The van der Waals surface area contributed by atoms with Crippen molar-refractivity contribution in [2.45, 2.75) is 66.2 Å². The van der Waals surface area contributed by atoms with Crippen molar-refractivity contribution in [2.75, 3.05) is 6.61 Å². The first-order valence-corrected chi connectivity index (χ1v) is 10.6. The molecule has 0 saturated carbocycles. The van der Waals surface area contributed by atoms with Crippen LogP contribution < -0.4 is 4.74 Å². The van der Waals surface area contributed by atoms with Crippen LogP contribution >= 0.6 is 0 Å². The fourth-order valence-electron chi connectivity index (χ4n) is 4.72. The Balaban J connectivity index is 2.27. The Morgan fingerprint density at radius 2 is 1.33 bits per heavy atom. The lowest BCUT2D eigenvalue weighted by Crippen LogP contribution is -2.33. The third kappa shape index (κ3) is 4.30. The molecule has 0 saturated heterocycles. The fourth-order valence-corrected chi connectivity index (χ4v) is 4.72. The van der Waals surface area contributed by atoms with Gasteiger partial charge in [0, 0.05) is 42.4 Å². The molecule has 162 valence electrons. The lowest BCUT2D eigenvalue weighted by Gasteiger charge is -2.36. The number of hydrogen-bond donors (Lipinski definition) is 2. The number of benzene rings is 1. The molecule has 0 aliphatic heterocycles. The molecule has 0 bridgehead atoms. The summed E-state index contributed by atoms with van der Waals surface area (Å²) < 4.78 is 5.79. The molecule has 1 aromatic carbocycles. The summed E-state index contributed by atoms with van der Waals surface area (Å²) in [6.07, 6.45) is 1.23. The standard InChI is InChI=1S/C25H32O5/c1-6-30-20-10-8-7-9-15(20)21(22-16(26)11-24(2,3)12-17(22)27)23-18(28)13-25(4,5)14-19(23)29/h7-10,21,26,28H,6,11-14H2,1-5H3. The van der Waals surface area contributed by atoms with Crippen LogP contribution in [-0.2, 0) is 9.59 Å². The Labute approximate surface area is 178 Å². The second-order valence-electron chi connectivity index (χ2n) is 10.0. The minimum atomic E-state index is -0.847. The van der Waals surface area contributed by atoms with Gasteiger partial charge in [-0.1, -0.05) is 45.9 Å². The van der Waals surface area contributed by atoms with Gasteiger partial charge in [-0.2, -0.15) is 0 Å². The zero-order valence-corrected chi connectivity index (χ0v) is 18.5. The highest BCUT2D eigenvalue weighted by Gasteiger charge is 2.44. The van der Waals surface area contributed by atoms with E-state index in [0.29, 0.717) is 30.8 Å². The number of rotatable bonds is 5. The van der Waals surface area contributed by atoms with Crippen LogP contribution in [-0.4, -0.2) is 28.4 Å². The van der Waals surface area contributed by atoms with Crippen molar-refractivity contribution in [2.24, 2.45) is 10.8 Å². The van der Waals surface area contributed by atoms with E-state index >= 15 is 0 Å². The van der Waals surface area contributed by atoms with Gasteiger partial charge in [-0.3, -0.25) is 9.59 Å². The number of ketones is 2. The SMILES string of the molecule is CCOc1ccccc1C(C1=C(O)CC(C)(C)CC1=O)C1=C(O)CC(C)(C)CC1=O. The molecule has 0 spiro atoms. The number of aliphatic hydroxyl groups is 2. The first-order chi connectivity index (χ1) is 14.0. The summed E-state index contributed by atoms with van der Waals surface area (Å²) >= 11 is 0. The summed E-state index contributed by atoms with van der Waals surface area (Å²) in [5, 5.41) is 21.9. The molecule has 0 radical (unpaired) electrons. The van der Waals surface area contributed by atoms with Crippen LogP contribution in [0, 0.1) is 10.8 Å². The van der Waals surface area contributed by atoms with Crippen molar-refractivity contribution in [3.63, 3.8) is 0 Å². The largest absolute Gasteiger partial charge is 0.512 e. The van der Waals surface area contributed by atoms with E-state index in [0.717, 1.165) is 0 Å². The van der Waals surface area contributed by atoms with Crippen molar-refractivity contribution in [1.29, 1.82) is 0 Å². The number of carbonyl (C=O) groups is 2. The number of para-hydroxylation sites is 1. The maximum atomic E-state index is 13.2. The van der Waals surface area contributed by atoms with E-state index in [1.165, 1.54) is 0 Å². The minimum absolute atomic E-state index is 0.00881. The molecule has 0 fully saturated rings. The lowest BCUT2D eigenvalue weighted by molar-refractivity contribution is -0.119. The zero-order valence-electron chi connectivity index (χ0n) is 18.5. The van der Waals surface area contributed by atoms with E-state index < -0.39 is 5.92 Å². The van der Waals surface area contributed by atoms with Crippen LogP contribution in [0.2, 0.25) is 0 Å². The summed E-state index contributed by atoms with van der Waals surface area (Å²) in [6.45, 7) is 10.0. The van der Waals surface area contributed by atoms with Gasteiger partial charge in [0.1, 0.15) is 17.3 Å². The van der Waals surface area contributed by atoms with Crippen molar-refractivity contribution >= 4 is 11.6 Å². The van der Waals surface area contributed by atoms with Gasteiger partial charge in [0.25, 0.3) is 0 Å². The average molecular weight is 413 g/mol. The van der Waals surface area contributed by atoms with E-state index in [1.807, 2.05) is 46.8 Å². The Morgan fingerprint density at radius 1 is 0.867 bits per heavy atom. The summed E-state index contributed by atoms with van der Waals surface area (Å²) in [7, 11) is 0. The molecule has 1 aromatic rings. The molecule has 3 rings (SSSR count). The third-order valence-electron chi connectivity index (χ3n) is 5.90. The number of carbonyl (C=O) groups excluding carboxylic acids is 2. The first kappa shape index (κ1) is 22.1. The van der Waals surface area contributed by atoms with Crippen LogP contribution in [0.4, 0.5) is 0 Å². The van der Waals surface area contributed by atoms with Gasteiger partial charge in [0.05, 0.1) is 12.5 Å². The van der Waals surface area contributed by atoms with Crippen LogP contribution in [0.1, 0.15) is 71.8 Å². The quantitative estimate of drug-likeness (QED) is 0.660. The van der Waals surface area contributed by atoms with E-state index in [4.69, 9.17) is 4.74 Å². The molecule has 5 nitrogen and oxygen atoms in total. The van der Waals surface area contributed by atoms with Gasteiger partial charge in [-0.05, 0) is 23.8 Å². The number of ether oxygens (including phenoxy) is 1. The van der Waals surface area contributed by atoms with Crippen LogP contribution in [0.3, 0.4) is 0 Å². The summed E-state index contributed by atoms with van der Waals surface area (Å²) in [5.41, 5.74) is 0.309. The predicted octanol–water partition coefficient (Wildman–Crippen LogP) is 5.57. The highest BCUT2D eigenvalue weighted by molar-refractivity contribution is 6.05. The number of hydrogen-bond acceptors (Lipinski definition) is 5. The molecule has 30 heavy (non-hydrogen) atoms. The molecule has 2 aliphatic carbocycles. The van der Waals surface area contributed by atoms with Crippen molar-refractivity contribution in [3.8, 4) is 5.75 Å². The van der Waals surface area contributed by atoms with E-state index in [9.17, 15) is 19.8 Å². The second-order valence-corrected chi connectivity index (χ2v) is 10.0. The Bertz CT molecular complexity index is 881. The molecule has 0 aromatic heterocycles. The normalized spacial score (nSPS) is 21.4. The molecular weight excluding hydrogens is 380 g/mol. The maximum absolute atomic E-state index is 13.2. The van der Waals surface area contributed by atoms with Crippen molar-refractivity contribution < 1.29 is 24.5 Å². The highest BCUT2D eigenvalue weighted by atomic mass is 16.5. The van der Waals surface area contributed by atoms with Crippen LogP contribution in [0.15, 0.2) is 46.9 Å². The summed E-state index contributed by atoms with van der Waals surface area (Å²) in [4.78, 5) is 26.4. The molecule has 0 atom stereocenters.